The molecule has 0 radical (unpaired) electrons. The fourth-order valence-corrected chi connectivity index (χ4v) is 3.91. The average Bonchev–Trinajstić information content (AvgIpc) is 2.82. The number of hydrogen-bond donors (Lipinski definition) is 0. The third kappa shape index (κ3) is 3.12. The van der Waals surface area contributed by atoms with Crippen LogP contribution < -0.4 is 0 Å². The maximum absolute atomic E-state index is 12.2. The van der Waals surface area contributed by atoms with Gasteiger partial charge in [0.15, 0.2) is 0 Å². The summed E-state index contributed by atoms with van der Waals surface area (Å²) in [6.45, 7) is 5.61. The Morgan fingerprint density at radius 2 is 1.89 bits per heavy atom. The average molecular weight is 267 g/mol. The molecular formula is C14H21NO2S. The summed E-state index contributed by atoms with van der Waals surface area (Å²) < 4.78 is 26.0. The van der Waals surface area contributed by atoms with Crippen molar-refractivity contribution in [2.24, 2.45) is 0 Å². The molecule has 0 atom stereocenters. The zero-order valence-electron chi connectivity index (χ0n) is 11.1. The highest BCUT2D eigenvalue weighted by Crippen LogP contribution is 2.20. The highest BCUT2D eigenvalue weighted by atomic mass is 32.2. The SMILES string of the molecule is CC(C)c1cccc(CS(=O)(=O)N2CCCC2)c1. The Morgan fingerprint density at radius 3 is 2.50 bits per heavy atom. The standard InChI is InChI=1S/C14H21NO2S/c1-12(2)14-7-5-6-13(10-14)11-18(16,17)15-8-3-4-9-15/h5-7,10,12H,3-4,8-9,11H2,1-2H3. The van der Waals surface area contributed by atoms with Crippen LogP contribution in [0.5, 0.6) is 0 Å². The molecule has 1 aliphatic rings. The molecule has 1 fully saturated rings. The van der Waals surface area contributed by atoms with Crippen molar-refractivity contribution in [1.82, 2.24) is 4.31 Å². The molecule has 1 heterocycles. The van der Waals surface area contributed by atoms with Crippen molar-refractivity contribution in [3.8, 4) is 0 Å². The van der Waals surface area contributed by atoms with Crippen LogP contribution in [0.4, 0.5) is 0 Å². The lowest BCUT2D eigenvalue weighted by Gasteiger charge is -2.16. The minimum Gasteiger partial charge on any atom is -0.212 e. The summed E-state index contributed by atoms with van der Waals surface area (Å²) in [6.07, 6.45) is 1.98. The fourth-order valence-electron chi connectivity index (χ4n) is 2.31. The van der Waals surface area contributed by atoms with Gasteiger partial charge in [-0.15, -0.1) is 0 Å². The molecule has 4 heteroatoms. The van der Waals surface area contributed by atoms with Gasteiger partial charge in [0, 0.05) is 13.1 Å². The minimum atomic E-state index is -3.12. The van der Waals surface area contributed by atoms with Crippen LogP contribution in [0, 0.1) is 0 Å². The van der Waals surface area contributed by atoms with Gasteiger partial charge in [0.05, 0.1) is 5.75 Å². The first-order chi connectivity index (χ1) is 8.49. The van der Waals surface area contributed by atoms with E-state index in [9.17, 15) is 8.42 Å². The van der Waals surface area contributed by atoms with E-state index in [0.717, 1.165) is 18.4 Å². The van der Waals surface area contributed by atoms with Crippen molar-refractivity contribution in [1.29, 1.82) is 0 Å². The van der Waals surface area contributed by atoms with Crippen molar-refractivity contribution >= 4 is 10.0 Å². The lowest BCUT2D eigenvalue weighted by atomic mass is 10.0. The molecule has 1 aliphatic heterocycles. The molecule has 3 nitrogen and oxygen atoms in total. The Labute approximate surface area is 110 Å². The van der Waals surface area contributed by atoms with E-state index in [1.807, 2.05) is 18.2 Å². The van der Waals surface area contributed by atoms with Crippen molar-refractivity contribution < 1.29 is 8.42 Å². The third-order valence-corrected chi connectivity index (χ3v) is 5.28. The van der Waals surface area contributed by atoms with E-state index >= 15 is 0 Å². The van der Waals surface area contributed by atoms with E-state index in [4.69, 9.17) is 0 Å². The predicted octanol–water partition coefficient (Wildman–Crippen LogP) is 2.74. The van der Waals surface area contributed by atoms with Crippen molar-refractivity contribution in [2.75, 3.05) is 13.1 Å². The summed E-state index contributed by atoms with van der Waals surface area (Å²) in [5.41, 5.74) is 2.09. The van der Waals surface area contributed by atoms with Gasteiger partial charge in [0.25, 0.3) is 0 Å². The first kappa shape index (κ1) is 13.6. The van der Waals surface area contributed by atoms with Gasteiger partial charge in [-0.05, 0) is 29.9 Å². The Kier molecular flexibility index (Phi) is 4.07. The first-order valence-electron chi connectivity index (χ1n) is 6.56. The summed E-state index contributed by atoms with van der Waals surface area (Å²) in [5.74, 6) is 0.563. The summed E-state index contributed by atoms with van der Waals surface area (Å²) in [6, 6.07) is 7.92. The second-order valence-corrected chi connectivity index (χ2v) is 7.23. The molecule has 0 aromatic heterocycles. The van der Waals surface area contributed by atoms with Gasteiger partial charge in [0.1, 0.15) is 0 Å². The largest absolute Gasteiger partial charge is 0.218 e. The normalized spacial score (nSPS) is 17.5. The molecule has 0 N–H and O–H groups in total. The van der Waals surface area contributed by atoms with E-state index in [2.05, 4.69) is 19.9 Å². The summed E-state index contributed by atoms with van der Waals surface area (Å²) >= 11 is 0. The van der Waals surface area contributed by atoms with E-state index in [1.54, 1.807) is 4.31 Å². The molecular weight excluding hydrogens is 246 g/mol. The van der Waals surface area contributed by atoms with E-state index in [1.165, 1.54) is 5.56 Å². The fraction of sp³-hybridized carbons (Fsp3) is 0.571. The summed E-state index contributed by atoms with van der Waals surface area (Å²) in [4.78, 5) is 0. The Bertz CT molecular complexity index is 502. The van der Waals surface area contributed by atoms with Gasteiger partial charge in [-0.3, -0.25) is 0 Å². The molecule has 0 aliphatic carbocycles. The van der Waals surface area contributed by atoms with Gasteiger partial charge in [-0.1, -0.05) is 38.1 Å². The molecule has 0 amide bonds. The molecule has 1 aromatic carbocycles. The van der Waals surface area contributed by atoms with Crippen LogP contribution in [-0.2, 0) is 15.8 Å². The molecule has 1 saturated heterocycles. The third-order valence-electron chi connectivity index (χ3n) is 3.43. The van der Waals surface area contributed by atoms with Crippen LogP contribution in [0.2, 0.25) is 0 Å². The van der Waals surface area contributed by atoms with Gasteiger partial charge >= 0.3 is 0 Å². The Balaban J connectivity index is 2.15. The van der Waals surface area contributed by atoms with Crippen LogP contribution in [0.25, 0.3) is 0 Å². The topological polar surface area (TPSA) is 37.4 Å². The second kappa shape index (κ2) is 5.41. The molecule has 0 bridgehead atoms. The quantitative estimate of drug-likeness (QED) is 0.841. The van der Waals surface area contributed by atoms with Gasteiger partial charge < -0.3 is 0 Å². The summed E-state index contributed by atoms with van der Waals surface area (Å²) in [5, 5.41) is 0. The maximum Gasteiger partial charge on any atom is 0.218 e. The molecule has 100 valence electrons. The summed E-state index contributed by atoms with van der Waals surface area (Å²) in [7, 11) is -3.12. The zero-order valence-corrected chi connectivity index (χ0v) is 11.9. The first-order valence-corrected chi connectivity index (χ1v) is 8.16. The van der Waals surface area contributed by atoms with Crippen molar-refractivity contribution in [3.05, 3.63) is 35.4 Å². The van der Waals surface area contributed by atoms with Crippen LogP contribution in [0.15, 0.2) is 24.3 Å². The minimum absolute atomic E-state index is 0.132. The molecule has 2 rings (SSSR count). The number of nitrogens with zero attached hydrogens (tertiary/aromatic N) is 1. The molecule has 0 saturated carbocycles. The molecule has 1 aromatic rings. The monoisotopic (exact) mass is 267 g/mol. The van der Waals surface area contributed by atoms with Crippen LogP contribution in [0.1, 0.15) is 43.7 Å². The van der Waals surface area contributed by atoms with Crippen LogP contribution in [0.3, 0.4) is 0 Å². The maximum atomic E-state index is 12.2. The van der Waals surface area contributed by atoms with Gasteiger partial charge in [-0.2, -0.15) is 0 Å². The van der Waals surface area contributed by atoms with Gasteiger partial charge in [-0.25, -0.2) is 12.7 Å². The van der Waals surface area contributed by atoms with Crippen molar-refractivity contribution in [2.45, 2.75) is 38.4 Å². The van der Waals surface area contributed by atoms with Gasteiger partial charge in [0.2, 0.25) is 10.0 Å². The van der Waals surface area contributed by atoms with E-state index < -0.39 is 10.0 Å². The van der Waals surface area contributed by atoms with Crippen molar-refractivity contribution in [3.63, 3.8) is 0 Å². The molecule has 0 spiro atoms. The lowest BCUT2D eigenvalue weighted by Crippen LogP contribution is -2.29. The van der Waals surface area contributed by atoms with Crippen LogP contribution in [-0.4, -0.2) is 25.8 Å². The smallest absolute Gasteiger partial charge is 0.212 e. The van der Waals surface area contributed by atoms with E-state index in [-0.39, 0.29) is 5.75 Å². The lowest BCUT2D eigenvalue weighted by molar-refractivity contribution is 0.476. The number of benzene rings is 1. The Hall–Kier alpha value is -0.870. The highest BCUT2D eigenvalue weighted by Gasteiger charge is 2.25. The second-order valence-electron chi connectivity index (χ2n) is 5.26. The number of hydrogen-bond acceptors (Lipinski definition) is 2. The van der Waals surface area contributed by atoms with Crippen LogP contribution >= 0.6 is 0 Å². The predicted molar refractivity (Wildman–Crippen MR) is 74.0 cm³/mol. The zero-order chi connectivity index (χ0) is 13.2. The Morgan fingerprint density at radius 1 is 1.22 bits per heavy atom. The molecule has 0 unspecified atom stereocenters. The molecule has 18 heavy (non-hydrogen) atoms. The highest BCUT2D eigenvalue weighted by molar-refractivity contribution is 7.88. The van der Waals surface area contributed by atoms with E-state index in [0.29, 0.717) is 19.0 Å². The number of rotatable bonds is 4. The number of sulfonamides is 1.